The second-order valence-corrected chi connectivity index (χ2v) is 7.01. The average molecular weight is 319 g/mol. The van der Waals surface area contributed by atoms with Crippen LogP contribution in [0.4, 0.5) is 4.79 Å². The van der Waals surface area contributed by atoms with E-state index in [2.05, 4.69) is 25.7 Å². The van der Waals surface area contributed by atoms with Gasteiger partial charge in [0.1, 0.15) is 5.54 Å². The first-order valence-corrected chi connectivity index (χ1v) is 8.15. The highest BCUT2D eigenvalue weighted by molar-refractivity contribution is 6.07. The Kier molecular flexibility index (Phi) is 3.15. The normalized spacial score (nSPS) is 28.4. The Morgan fingerprint density at radius 1 is 1.35 bits per heavy atom. The molecule has 0 bridgehead atoms. The van der Waals surface area contributed by atoms with E-state index in [0.29, 0.717) is 25.6 Å². The molecular formula is C14H21N7O2. The number of nitrogens with zero attached hydrogens (tertiary/aromatic N) is 6. The Bertz CT molecular complexity index is 653. The van der Waals surface area contributed by atoms with Gasteiger partial charge in [0.25, 0.3) is 5.91 Å². The van der Waals surface area contributed by atoms with Crippen LogP contribution in [0.25, 0.3) is 0 Å². The maximum absolute atomic E-state index is 12.7. The summed E-state index contributed by atoms with van der Waals surface area (Å²) in [7, 11) is 0. The van der Waals surface area contributed by atoms with Crippen molar-refractivity contribution in [2.75, 3.05) is 13.1 Å². The number of imide groups is 1. The van der Waals surface area contributed by atoms with Crippen LogP contribution in [0.2, 0.25) is 0 Å². The monoisotopic (exact) mass is 319 g/mol. The lowest BCUT2D eigenvalue weighted by Gasteiger charge is -2.23. The summed E-state index contributed by atoms with van der Waals surface area (Å²) in [6, 6.07) is 0.0218. The molecule has 0 unspecified atom stereocenters. The van der Waals surface area contributed by atoms with Crippen LogP contribution in [-0.2, 0) is 11.3 Å². The molecule has 0 radical (unpaired) electrons. The Balaban J connectivity index is 1.48. The molecule has 1 aliphatic carbocycles. The number of rotatable bonds is 4. The van der Waals surface area contributed by atoms with Crippen LogP contribution in [0.3, 0.4) is 0 Å². The van der Waals surface area contributed by atoms with Crippen molar-refractivity contribution in [1.29, 1.82) is 0 Å². The smallest absolute Gasteiger partial charge is 0.322 e. The van der Waals surface area contributed by atoms with Crippen molar-refractivity contribution in [2.45, 2.75) is 57.3 Å². The molecule has 4 rings (SSSR count). The zero-order valence-corrected chi connectivity index (χ0v) is 13.4. The molecule has 0 aromatic carbocycles. The summed E-state index contributed by atoms with van der Waals surface area (Å²) >= 11 is 0. The van der Waals surface area contributed by atoms with Crippen LogP contribution in [0, 0.1) is 0 Å². The van der Waals surface area contributed by atoms with Crippen LogP contribution < -0.4 is 5.32 Å². The number of tetrazole rings is 1. The van der Waals surface area contributed by atoms with Gasteiger partial charge in [-0.2, -0.15) is 0 Å². The lowest BCUT2D eigenvalue weighted by atomic mass is 9.98. The third-order valence-electron chi connectivity index (χ3n) is 4.88. The van der Waals surface area contributed by atoms with E-state index in [1.807, 2.05) is 18.5 Å². The predicted molar refractivity (Wildman–Crippen MR) is 79.2 cm³/mol. The Morgan fingerprint density at radius 2 is 2.13 bits per heavy atom. The van der Waals surface area contributed by atoms with Crippen LogP contribution in [-0.4, -0.2) is 66.6 Å². The van der Waals surface area contributed by atoms with Gasteiger partial charge in [0.2, 0.25) is 0 Å². The standard InChI is InChI=1S/C14H21N7O2/c1-9(2)20-12(22)14(15-13(20)23)5-6-19(8-14)7-11-16-17-18-21(11)10-3-4-10/h9-10H,3-8H2,1-2H3,(H,15,23)/t14-/m1/s1. The molecule has 124 valence electrons. The van der Waals surface area contributed by atoms with E-state index in [9.17, 15) is 9.59 Å². The van der Waals surface area contributed by atoms with E-state index in [0.717, 1.165) is 25.2 Å². The number of carbonyl (C=O) groups is 2. The fourth-order valence-electron chi connectivity index (χ4n) is 3.53. The van der Waals surface area contributed by atoms with Gasteiger partial charge < -0.3 is 5.32 Å². The molecule has 3 fully saturated rings. The highest BCUT2D eigenvalue weighted by atomic mass is 16.2. The van der Waals surface area contributed by atoms with Crippen molar-refractivity contribution in [1.82, 2.24) is 35.3 Å². The van der Waals surface area contributed by atoms with Gasteiger partial charge in [-0.25, -0.2) is 9.48 Å². The molecule has 23 heavy (non-hydrogen) atoms. The van der Waals surface area contributed by atoms with Gasteiger partial charge >= 0.3 is 6.03 Å². The van der Waals surface area contributed by atoms with Crippen molar-refractivity contribution in [3.05, 3.63) is 5.82 Å². The minimum absolute atomic E-state index is 0.109. The highest BCUT2D eigenvalue weighted by Gasteiger charge is 2.55. The van der Waals surface area contributed by atoms with E-state index in [1.165, 1.54) is 4.90 Å². The molecule has 9 heteroatoms. The van der Waals surface area contributed by atoms with E-state index in [-0.39, 0.29) is 18.0 Å². The van der Waals surface area contributed by atoms with Crippen molar-refractivity contribution in [3.63, 3.8) is 0 Å². The minimum atomic E-state index is -0.779. The summed E-state index contributed by atoms with van der Waals surface area (Å²) in [4.78, 5) is 28.3. The summed E-state index contributed by atoms with van der Waals surface area (Å²) in [6.07, 6.45) is 2.88. The molecule has 2 aliphatic heterocycles. The fourth-order valence-corrected chi connectivity index (χ4v) is 3.53. The van der Waals surface area contributed by atoms with Crippen molar-refractivity contribution in [3.8, 4) is 0 Å². The van der Waals surface area contributed by atoms with Crippen LogP contribution in [0.5, 0.6) is 0 Å². The summed E-state index contributed by atoms with van der Waals surface area (Å²) in [6.45, 7) is 5.57. The van der Waals surface area contributed by atoms with E-state index < -0.39 is 5.54 Å². The first-order valence-electron chi connectivity index (χ1n) is 8.15. The number of hydrogen-bond donors (Lipinski definition) is 1. The van der Waals surface area contributed by atoms with Gasteiger partial charge in [0.05, 0.1) is 12.6 Å². The third-order valence-corrected chi connectivity index (χ3v) is 4.88. The first-order chi connectivity index (χ1) is 11.0. The molecule has 1 N–H and O–H groups in total. The molecule has 2 saturated heterocycles. The topological polar surface area (TPSA) is 96.2 Å². The molecule has 1 spiro atoms. The number of aromatic nitrogens is 4. The summed E-state index contributed by atoms with van der Waals surface area (Å²) in [5.74, 6) is 0.726. The van der Waals surface area contributed by atoms with Crippen molar-refractivity contribution < 1.29 is 9.59 Å². The quantitative estimate of drug-likeness (QED) is 0.779. The van der Waals surface area contributed by atoms with Gasteiger partial charge in [0, 0.05) is 19.1 Å². The molecular weight excluding hydrogens is 298 g/mol. The lowest BCUT2D eigenvalue weighted by Crippen LogP contribution is -2.49. The molecule has 1 aromatic heterocycles. The molecule has 1 saturated carbocycles. The van der Waals surface area contributed by atoms with Crippen molar-refractivity contribution >= 4 is 11.9 Å². The van der Waals surface area contributed by atoms with Gasteiger partial charge in [-0.15, -0.1) is 5.10 Å². The Labute approximate surface area is 134 Å². The number of amides is 3. The van der Waals surface area contributed by atoms with Crippen LogP contribution in [0.1, 0.15) is 45.0 Å². The highest BCUT2D eigenvalue weighted by Crippen LogP contribution is 2.35. The predicted octanol–water partition coefficient (Wildman–Crippen LogP) is -0.0873. The molecule has 9 nitrogen and oxygen atoms in total. The molecule has 1 atom stereocenters. The second-order valence-electron chi connectivity index (χ2n) is 7.01. The zero-order valence-electron chi connectivity index (χ0n) is 13.4. The zero-order chi connectivity index (χ0) is 16.2. The maximum atomic E-state index is 12.7. The van der Waals surface area contributed by atoms with Gasteiger partial charge in [-0.3, -0.25) is 14.6 Å². The average Bonchev–Trinajstić information content (AvgIpc) is 3.00. The molecule has 1 aromatic rings. The first kappa shape index (κ1) is 14.6. The second kappa shape index (κ2) is 4.98. The van der Waals surface area contributed by atoms with Gasteiger partial charge in [-0.1, -0.05) is 0 Å². The number of nitrogens with one attached hydrogen (secondary N) is 1. The van der Waals surface area contributed by atoms with Crippen LogP contribution in [0.15, 0.2) is 0 Å². The summed E-state index contributed by atoms with van der Waals surface area (Å²) in [5.41, 5.74) is -0.779. The SMILES string of the molecule is CC(C)N1C(=O)N[C@@]2(CCN(Cc3nnnn3C3CC3)C2)C1=O. The number of likely N-dealkylation sites (tertiary alicyclic amines) is 1. The largest absolute Gasteiger partial charge is 0.325 e. The van der Waals surface area contributed by atoms with E-state index >= 15 is 0 Å². The Morgan fingerprint density at radius 3 is 2.78 bits per heavy atom. The lowest BCUT2D eigenvalue weighted by molar-refractivity contribution is -0.132. The number of urea groups is 1. The number of carbonyl (C=O) groups excluding carboxylic acids is 2. The van der Waals surface area contributed by atoms with E-state index in [1.54, 1.807) is 0 Å². The van der Waals surface area contributed by atoms with Gasteiger partial charge in [-0.05, 0) is 43.5 Å². The maximum Gasteiger partial charge on any atom is 0.325 e. The minimum Gasteiger partial charge on any atom is -0.322 e. The fraction of sp³-hybridized carbons (Fsp3) is 0.786. The third kappa shape index (κ3) is 2.30. The van der Waals surface area contributed by atoms with E-state index in [4.69, 9.17) is 0 Å². The number of hydrogen-bond acceptors (Lipinski definition) is 6. The molecule has 3 aliphatic rings. The summed E-state index contributed by atoms with van der Waals surface area (Å²) < 4.78 is 1.89. The molecule has 3 amide bonds. The Hall–Kier alpha value is -2.03. The molecule has 3 heterocycles. The van der Waals surface area contributed by atoms with Crippen molar-refractivity contribution in [2.24, 2.45) is 0 Å². The van der Waals surface area contributed by atoms with Gasteiger partial charge in [0.15, 0.2) is 5.82 Å². The van der Waals surface area contributed by atoms with Crippen LogP contribution >= 0.6 is 0 Å². The summed E-state index contributed by atoms with van der Waals surface area (Å²) in [5, 5.41) is 14.8.